The molecule has 4 heterocycles. The molecule has 2 saturated heterocycles. The van der Waals surface area contributed by atoms with Crippen LogP contribution in [0.25, 0.3) is 0 Å². The molecule has 8 heteroatoms. The number of carbonyl (C=O) groups is 1. The molecule has 1 N–H and O–H groups in total. The summed E-state index contributed by atoms with van der Waals surface area (Å²) in [7, 11) is 1.82. The lowest BCUT2D eigenvalue weighted by atomic mass is 9.83. The second-order valence-corrected chi connectivity index (χ2v) is 8.01. The number of piperidine rings is 1. The van der Waals surface area contributed by atoms with Gasteiger partial charge in [-0.2, -0.15) is 5.10 Å². The minimum atomic E-state index is -1.000. The number of hydrogen-bond acceptors (Lipinski definition) is 6. The predicted octanol–water partition coefficient (Wildman–Crippen LogP) is 1.47. The molecule has 25 heavy (non-hydrogen) atoms. The molecule has 0 aliphatic carbocycles. The van der Waals surface area contributed by atoms with E-state index in [-0.39, 0.29) is 18.1 Å². The Hall–Kier alpha value is -1.77. The average Bonchev–Trinajstić information content (AvgIpc) is 3.29. The maximum Gasteiger partial charge on any atom is 0.257 e. The van der Waals surface area contributed by atoms with E-state index in [1.165, 1.54) is 11.3 Å². The van der Waals surface area contributed by atoms with Gasteiger partial charge in [0, 0.05) is 44.3 Å². The Labute approximate surface area is 150 Å². The molecule has 2 aliphatic heterocycles. The number of ether oxygens (including phenoxy) is 1. The zero-order valence-electron chi connectivity index (χ0n) is 14.4. The molecule has 2 aliphatic rings. The van der Waals surface area contributed by atoms with E-state index >= 15 is 0 Å². The van der Waals surface area contributed by atoms with Crippen LogP contribution in [0.2, 0.25) is 0 Å². The molecule has 0 unspecified atom stereocenters. The number of carbonyl (C=O) groups excluding carboxylic acids is 1. The van der Waals surface area contributed by atoms with Crippen LogP contribution >= 0.6 is 11.3 Å². The number of amides is 1. The predicted molar refractivity (Wildman–Crippen MR) is 92.4 cm³/mol. The van der Waals surface area contributed by atoms with Crippen molar-refractivity contribution in [1.82, 2.24) is 19.7 Å². The summed E-state index contributed by atoms with van der Waals surface area (Å²) in [5.74, 6) is 0.0219. The maximum atomic E-state index is 12.7. The fourth-order valence-corrected chi connectivity index (χ4v) is 4.64. The molecular weight excluding hydrogens is 340 g/mol. The Balaban J connectivity index is 1.44. The van der Waals surface area contributed by atoms with Crippen LogP contribution < -0.4 is 0 Å². The van der Waals surface area contributed by atoms with E-state index in [1.807, 2.05) is 24.3 Å². The number of thiazole rings is 1. The van der Waals surface area contributed by atoms with E-state index in [2.05, 4.69) is 10.1 Å². The first-order chi connectivity index (χ1) is 11.9. The number of aryl methyl sites for hydroxylation is 2. The van der Waals surface area contributed by atoms with E-state index < -0.39 is 5.60 Å². The monoisotopic (exact) mass is 362 g/mol. The summed E-state index contributed by atoms with van der Waals surface area (Å²) in [5, 5.41) is 17.7. The minimum absolute atomic E-state index is 0.0219. The molecule has 2 fully saturated rings. The topological polar surface area (TPSA) is 80.5 Å². The largest absolute Gasteiger partial charge is 0.380 e. The molecule has 4 rings (SSSR count). The van der Waals surface area contributed by atoms with Gasteiger partial charge in [0.1, 0.15) is 10.6 Å². The Kier molecular flexibility index (Phi) is 3.93. The van der Waals surface area contributed by atoms with Gasteiger partial charge in [0.15, 0.2) is 0 Å². The van der Waals surface area contributed by atoms with E-state index in [4.69, 9.17) is 4.74 Å². The lowest BCUT2D eigenvalue weighted by Gasteiger charge is -2.38. The molecule has 1 atom stereocenters. The minimum Gasteiger partial charge on any atom is -0.380 e. The lowest BCUT2D eigenvalue weighted by Crippen LogP contribution is -2.47. The number of hydrogen-bond donors (Lipinski definition) is 1. The number of likely N-dealkylation sites (tertiary alicyclic amines) is 1. The van der Waals surface area contributed by atoms with Crippen molar-refractivity contribution < 1.29 is 14.6 Å². The number of aromatic nitrogens is 3. The first-order valence-corrected chi connectivity index (χ1v) is 9.35. The van der Waals surface area contributed by atoms with Crippen molar-refractivity contribution in [3.63, 3.8) is 0 Å². The van der Waals surface area contributed by atoms with Crippen LogP contribution in [-0.2, 0) is 17.4 Å². The second kappa shape index (κ2) is 5.89. The fraction of sp³-hybridized carbons (Fsp3) is 0.588. The van der Waals surface area contributed by atoms with Gasteiger partial charge in [-0.25, -0.2) is 4.98 Å². The molecule has 0 aromatic carbocycles. The van der Waals surface area contributed by atoms with E-state index in [9.17, 15) is 9.90 Å². The number of nitrogens with zero attached hydrogens (tertiary/aromatic N) is 4. The molecule has 7 nitrogen and oxygen atoms in total. The quantitative estimate of drug-likeness (QED) is 0.875. The zero-order chi connectivity index (χ0) is 17.7. The van der Waals surface area contributed by atoms with Gasteiger partial charge in [0.25, 0.3) is 5.91 Å². The Bertz CT molecular complexity index is 780. The van der Waals surface area contributed by atoms with Crippen LogP contribution in [0.15, 0.2) is 17.8 Å². The Morgan fingerprint density at radius 3 is 2.76 bits per heavy atom. The molecule has 1 amide bonds. The summed E-state index contributed by atoms with van der Waals surface area (Å²) >= 11 is 1.46. The summed E-state index contributed by atoms with van der Waals surface area (Å²) in [6.45, 7) is 3.38. The number of rotatable bonds is 2. The highest BCUT2D eigenvalue weighted by molar-refractivity contribution is 7.09. The maximum absolute atomic E-state index is 12.7. The van der Waals surface area contributed by atoms with Crippen molar-refractivity contribution in [3.8, 4) is 0 Å². The third-order valence-corrected chi connectivity index (χ3v) is 6.23. The van der Waals surface area contributed by atoms with Crippen molar-refractivity contribution in [3.05, 3.63) is 34.0 Å². The molecule has 2 aromatic heterocycles. The molecule has 2 aromatic rings. The van der Waals surface area contributed by atoms with Gasteiger partial charge in [-0.3, -0.25) is 9.48 Å². The Morgan fingerprint density at radius 2 is 2.16 bits per heavy atom. The molecule has 0 saturated carbocycles. The second-order valence-electron chi connectivity index (χ2n) is 7.11. The highest BCUT2D eigenvalue weighted by Gasteiger charge is 2.52. The van der Waals surface area contributed by atoms with E-state index in [1.54, 1.807) is 17.1 Å². The van der Waals surface area contributed by atoms with Crippen LogP contribution in [0, 0.1) is 6.92 Å². The van der Waals surface area contributed by atoms with E-state index in [0.29, 0.717) is 30.1 Å². The smallest absolute Gasteiger partial charge is 0.257 e. The summed E-state index contributed by atoms with van der Waals surface area (Å²) in [4.78, 5) is 18.8. The lowest BCUT2D eigenvalue weighted by molar-refractivity contribution is -0.0431. The summed E-state index contributed by atoms with van der Waals surface area (Å²) in [6.07, 6.45) is 5.48. The van der Waals surface area contributed by atoms with Crippen LogP contribution in [-0.4, -0.2) is 56.0 Å². The van der Waals surface area contributed by atoms with Crippen LogP contribution in [0.4, 0.5) is 0 Å². The summed E-state index contributed by atoms with van der Waals surface area (Å²) in [5.41, 5.74) is 0.0506. The van der Waals surface area contributed by atoms with Gasteiger partial charge in [-0.05, 0) is 19.8 Å². The van der Waals surface area contributed by atoms with Crippen molar-refractivity contribution in [2.24, 2.45) is 7.05 Å². The molecule has 0 bridgehead atoms. The van der Waals surface area contributed by atoms with Gasteiger partial charge in [-0.1, -0.05) is 0 Å². The standard InChI is InChI=1S/C17H22N4O3S/c1-12-13(9-20(2)19-12)14(22)21-6-3-16(4-7-21)10-17(23,11-24-16)15-18-5-8-25-15/h5,8-9,23H,3-4,6-7,10-11H2,1-2H3/t17-/m1/s1. The van der Waals surface area contributed by atoms with Crippen molar-refractivity contribution in [2.75, 3.05) is 19.7 Å². The van der Waals surface area contributed by atoms with Crippen LogP contribution in [0.3, 0.4) is 0 Å². The molecule has 134 valence electrons. The first-order valence-electron chi connectivity index (χ1n) is 8.47. The molecular formula is C17H22N4O3S. The number of aliphatic hydroxyl groups is 1. The van der Waals surface area contributed by atoms with Crippen molar-refractivity contribution >= 4 is 17.2 Å². The zero-order valence-corrected chi connectivity index (χ0v) is 15.3. The van der Waals surface area contributed by atoms with Gasteiger partial charge in [0.2, 0.25) is 0 Å². The average molecular weight is 362 g/mol. The van der Waals surface area contributed by atoms with Crippen molar-refractivity contribution in [2.45, 2.75) is 37.4 Å². The van der Waals surface area contributed by atoms with Crippen LogP contribution in [0.1, 0.15) is 40.3 Å². The highest BCUT2D eigenvalue weighted by atomic mass is 32.1. The van der Waals surface area contributed by atoms with Gasteiger partial charge >= 0.3 is 0 Å². The highest BCUT2D eigenvalue weighted by Crippen LogP contribution is 2.45. The van der Waals surface area contributed by atoms with Gasteiger partial charge < -0.3 is 14.7 Å². The van der Waals surface area contributed by atoms with Crippen molar-refractivity contribution in [1.29, 1.82) is 0 Å². The fourth-order valence-electron chi connectivity index (χ4n) is 3.92. The van der Waals surface area contributed by atoms with Crippen LogP contribution in [0.5, 0.6) is 0 Å². The normalized spacial score (nSPS) is 25.6. The summed E-state index contributed by atoms with van der Waals surface area (Å²) < 4.78 is 7.71. The SMILES string of the molecule is Cc1nn(C)cc1C(=O)N1CCC2(CC1)C[C@](O)(c1nccs1)CO2. The third kappa shape index (κ3) is 2.88. The molecule has 0 radical (unpaired) electrons. The summed E-state index contributed by atoms with van der Waals surface area (Å²) in [6, 6.07) is 0. The first kappa shape index (κ1) is 16.7. The van der Waals surface area contributed by atoms with Gasteiger partial charge in [-0.15, -0.1) is 11.3 Å². The third-order valence-electron chi connectivity index (χ3n) is 5.27. The van der Waals surface area contributed by atoms with E-state index in [0.717, 1.165) is 18.5 Å². The molecule has 1 spiro atoms. The van der Waals surface area contributed by atoms with Gasteiger partial charge in [0.05, 0.1) is 23.5 Å². The Morgan fingerprint density at radius 1 is 1.40 bits per heavy atom.